The number of thiophene rings is 1. The zero-order valence-electron chi connectivity index (χ0n) is 13.3. The fourth-order valence-corrected chi connectivity index (χ4v) is 4.75. The SMILES string of the molecule is O=Nc1ccccc1-c1cc2sc3ccccc3c2c2ccccc12. The molecule has 0 saturated heterocycles. The third kappa shape index (κ3) is 2.10. The standard InChI is InChI=1S/C22H13NOS/c24-23-19-11-5-3-8-15(19)18-13-21-22(16-9-2-1-7-14(16)18)17-10-4-6-12-20(17)25-21/h1-13H. The van der Waals surface area contributed by atoms with E-state index in [1.807, 2.05) is 24.3 Å². The van der Waals surface area contributed by atoms with Crippen LogP contribution in [0.5, 0.6) is 0 Å². The lowest BCUT2D eigenvalue weighted by Gasteiger charge is -2.10. The molecule has 0 aliphatic rings. The van der Waals surface area contributed by atoms with Crippen LogP contribution in [-0.4, -0.2) is 0 Å². The molecule has 0 N–H and O–H groups in total. The Labute approximate surface area is 148 Å². The molecule has 0 aliphatic heterocycles. The molecule has 4 aromatic carbocycles. The molecule has 0 aliphatic carbocycles. The van der Waals surface area contributed by atoms with Gasteiger partial charge in [-0.05, 0) is 39.7 Å². The highest BCUT2D eigenvalue weighted by molar-refractivity contribution is 7.26. The minimum Gasteiger partial charge on any atom is -0.145 e. The van der Waals surface area contributed by atoms with Gasteiger partial charge in [-0.15, -0.1) is 16.2 Å². The maximum absolute atomic E-state index is 11.3. The molecule has 5 rings (SSSR count). The fourth-order valence-electron chi connectivity index (χ4n) is 3.59. The number of nitroso groups, excluding NO2 is 1. The molecule has 0 bridgehead atoms. The van der Waals surface area contributed by atoms with Crippen LogP contribution in [0.25, 0.3) is 42.1 Å². The number of rotatable bonds is 2. The van der Waals surface area contributed by atoms with Gasteiger partial charge in [-0.2, -0.15) is 0 Å². The lowest BCUT2D eigenvalue weighted by Crippen LogP contribution is -1.83. The number of fused-ring (bicyclic) bond motifs is 5. The summed E-state index contributed by atoms with van der Waals surface area (Å²) in [5.41, 5.74) is 2.42. The zero-order chi connectivity index (χ0) is 16.8. The normalized spacial score (nSPS) is 11.4. The minimum atomic E-state index is 0.480. The molecule has 0 spiro atoms. The van der Waals surface area contributed by atoms with Gasteiger partial charge in [0.2, 0.25) is 0 Å². The Kier molecular flexibility index (Phi) is 3.15. The third-order valence-electron chi connectivity index (χ3n) is 4.68. The van der Waals surface area contributed by atoms with Crippen molar-refractivity contribution < 1.29 is 0 Å². The van der Waals surface area contributed by atoms with E-state index in [9.17, 15) is 4.91 Å². The molecular weight excluding hydrogens is 326 g/mol. The van der Waals surface area contributed by atoms with Crippen molar-refractivity contribution in [2.75, 3.05) is 0 Å². The van der Waals surface area contributed by atoms with E-state index in [0.717, 1.165) is 16.5 Å². The van der Waals surface area contributed by atoms with Crippen LogP contribution in [0.4, 0.5) is 5.69 Å². The Morgan fingerprint density at radius 1 is 0.640 bits per heavy atom. The van der Waals surface area contributed by atoms with Crippen LogP contribution in [0.15, 0.2) is 84.0 Å². The number of nitrogens with zero attached hydrogens (tertiary/aromatic N) is 1. The van der Waals surface area contributed by atoms with Crippen molar-refractivity contribution in [3.8, 4) is 11.1 Å². The highest BCUT2D eigenvalue weighted by Crippen LogP contribution is 2.44. The van der Waals surface area contributed by atoms with Gasteiger partial charge in [-0.1, -0.05) is 60.7 Å². The molecule has 25 heavy (non-hydrogen) atoms. The van der Waals surface area contributed by atoms with Crippen molar-refractivity contribution in [2.45, 2.75) is 0 Å². The van der Waals surface area contributed by atoms with E-state index in [4.69, 9.17) is 0 Å². The van der Waals surface area contributed by atoms with Crippen molar-refractivity contribution in [1.29, 1.82) is 0 Å². The van der Waals surface area contributed by atoms with Crippen molar-refractivity contribution in [3.63, 3.8) is 0 Å². The largest absolute Gasteiger partial charge is 0.145 e. The highest BCUT2D eigenvalue weighted by Gasteiger charge is 2.15. The van der Waals surface area contributed by atoms with Gasteiger partial charge in [0, 0.05) is 25.7 Å². The molecule has 0 saturated carbocycles. The first-order chi connectivity index (χ1) is 12.4. The van der Waals surface area contributed by atoms with E-state index in [-0.39, 0.29) is 0 Å². The van der Waals surface area contributed by atoms with E-state index in [0.29, 0.717) is 5.69 Å². The van der Waals surface area contributed by atoms with Crippen molar-refractivity contribution >= 4 is 48.0 Å². The van der Waals surface area contributed by atoms with Crippen molar-refractivity contribution in [3.05, 3.63) is 83.8 Å². The Hall–Kier alpha value is -3.04. The summed E-state index contributed by atoms with van der Waals surface area (Å²) in [7, 11) is 0. The molecule has 0 amide bonds. The van der Waals surface area contributed by atoms with Crippen LogP contribution in [0, 0.1) is 4.91 Å². The van der Waals surface area contributed by atoms with E-state index >= 15 is 0 Å². The van der Waals surface area contributed by atoms with Crippen LogP contribution in [0.2, 0.25) is 0 Å². The van der Waals surface area contributed by atoms with Gasteiger partial charge in [0.15, 0.2) is 0 Å². The van der Waals surface area contributed by atoms with E-state index in [1.54, 1.807) is 17.4 Å². The monoisotopic (exact) mass is 339 g/mol. The molecule has 0 unspecified atom stereocenters. The smallest absolute Gasteiger partial charge is 0.115 e. The van der Waals surface area contributed by atoms with E-state index in [1.165, 1.54) is 25.6 Å². The maximum atomic E-state index is 11.3. The van der Waals surface area contributed by atoms with Crippen molar-refractivity contribution in [2.24, 2.45) is 5.18 Å². The van der Waals surface area contributed by atoms with Crippen LogP contribution in [-0.2, 0) is 0 Å². The predicted octanol–water partition coefficient (Wildman–Crippen LogP) is 7.27. The van der Waals surface area contributed by atoms with Crippen molar-refractivity contribution in [1.82, 2.24) is 0 Å². The van der Waals surface area contributed by atoms with Gasteiger partial charge < -0.3 is 0 Å². The number of hydrogen-bond acceptors (Lipinski definition) is 3. The van der Waals surface area contributed by atoms with Gasteiger partial charge in [0.25, 0.3) is 0 Å². The lowest BCUT2D eigenvalue weighted by molar-refractivity contribution is 1.49. The fraction of sp³-hybridized carbons (Fsp3) is 0. The summed E-state index contributed by atoms with van der Waals surface area (Å²) in [6, 6.07) is 26.6. The zero-order valence-corrected chi connectivity index (χ0v) is 14.1. The Balaban J connectivity index is 2.00. The molecule has 3 heteroatoms. The molecule has 1 heterocycles. The highest BCUT2D eigenvalue weighted by atomic mass is 32.1. The van der Waals surface area contributed by atoms with Gasteiger partial charge in [0.05, 0.1) is 0 Å². The van der Waals surface area contributed by atoms with Gasteiger partial charge >= 0.3 is 0 Å². The second-order valence-electron chi connectivity index (χ2n) is 6.05. The second-order valence-corrected chi connectivity index (χ2v) is 7.13. The summed E-state index contributed by atoms with van der Waals surface area (Å²) in [6.45, 7) is 0. The van der Waals surface area contributed by atoms with Crippen LogP contribution in [0.1, 0.15) is 0 Å². The first-order valence-corrected chi connectivity index (χ1v) is 8.94. The molecule has 0 radical (unpaired) electrons. The molecule has 5 aromatic rings. The molecular formula is C22H13NOS. The predicted molar refractivity (Wildman–Crippen MR) is 108 cm³/mol. The first-order valence-electron chi connectivity index (χ1n) is 8.12. The summed E-state index contributed by atoms with van der Waals surface area (Å²) in [4.78, 5) is 11.3. The van der Waals surface area contributed by atoms with Crippen LogP contribution in [0.3, 0.4) is 0 Å². The Morgan fingerprint density at radius 2 is 1.32 bits per heavy atom. The molecule has 0 atom stereocenters. The maximum Gasteiger partial charge on any atom is 0.115 e. The van der Waals surface area contributed by atoms with Crippen LogP contribution < -0.4 is 0 Å². The minimum absolute atomic E-state index is 0.480. The summed E-state index contributed by atoms with van der Waals surface area (Å²) < 4.78 is 2.51. The summed E-state index contributed by atoms with van der Waals surface area (Å²) in [5, 5.41) is 8.17. The molecule has 118 valence electrons. The molecule has 2 nitrogen and oxygen atoms in total. The number of hydrogen-bond donors (Lipinski definition) is 0. The topological polar surface area (TPSA) is 29.4 Å². The Bertz CT molecular complexity index is 1270. The average molecular weight is 339 g/mol. The van der Waals surface area contributed by atoms with Gasteiger partial charge in [0.1, 0.15) is 5.69 Å². The summed E-state index contributed by atoms with van der Waals surface area (Å²) >= 11 is 1.79. The van der Waals surface area contributed by atoms with E-state index in [2.05, 4.69) is 53.7 Å². The second kappa shape index (κ2) is 5.50. The Morgan fingerprint density at radius 3 is 2.16 bits per heavy atom. The summed E-state index contributed by atoms with van der Waals surface area (Å²) in [5.74, 6) is 0. The number of benzene rings is 4. The van der Waals surface area contributed by atoms with Gasteiger partial charge in [-0.3, -0.25) is 0 Å². The molecule has 0 fully saturated rings. The van der Waals surface area contributed by atoms with Crippen LogP contribution >= 0.6 is 11.3 Å². The first kappa shape index (κ1) is 14.3. The quantitative estimate of drug-likeness (QED) is 0.311. The van der Waals surface area contributed by atoms with Gasteiger partial charge in [-0.25, -0.2) is 0 Å². The molecule has 1 aromatic heterocycles. The average Bonchev–Trinajstić information content (AvgIpc) is 3.06. The third-order valence-corrected chi connectivity index (χ3v) is 5.80. The summed E-state index contributed by atoms with van der Waals surface area (Å²) in [6.07, 6.45) is 0. The lowest BCUT2D eigenvalue weighted by atomic mass is 9.94. The van der Waals surface area contributed by atoms with E-state index < -0.39 is 0 Å².